The van der Waals surface area contributed by atoms with Crippen LogP contribution < -0.4 is 10.2 Å². The summed E-state index contributed by atoms with van der Waals surface area (Å²) in [6.07, 6.45) is 2.12. The standard InChI is InChI=1S/C15H22N2O3/c1-4-5-9-13(15(19)20)16-14(18)11-7-6-8-12(10-11)17(2)3/h6-8,10,13H,4-5,9H2,1-3H3,(H,16,18)(H,19,20). The predicted molar refractivity (Wildman–Crippen MR) is 79.2 cm³/mol. The van der Waals surface area contributed by atoms with E-state index < -0.39 is 12.0 Å². The molecule has 0 saturated heterocycles. The fourth-order valence-corrected chi connectivity index (χ4v) is 1.83. The molecular formula is C15H22N2O3. The van der Waals surface area contributed by atoms with E-state index in [0.29, 0.717) is 12.0 Å². The Bertz CT molecular complexity index is 472. The van der Waals surface area contributed by atoms with Crippen LogP contribution in [0.15, 0.2) is 24.3 Å². The minimum absolute atomic E-state index is 0.350. The number of carbonyl (C=O) groups is 2. The third-order valence-corrected chi connectivity index (χ3v) is 3.07. The van der Waals surface area contributed by atoms with Crippen molar-refractivity contribution in [3.63, 3.8) is 0 Å². The Kier molecular flexibility index (Phi) is 6.03. The predicted octanol–water partition coefficient (Wildman–Crippen LogP) is 2.13. The van der Waals surface area contributed by atoms with Crippen molar-refractivity contribution in [3.05, 3.63) is 29.8 Å². The van der Waals surface area contributed by atoms with E-state index in [-0.39, 0.29) is 5.91 Å². The molecule has 0 aliphatic rings. The number of hydrogen-bond donors (Lipinski definition) is 2. The van der Waals surface area contributed by atoms with E-state index in [1.165, 1.54) is 0 Å². The third kappa shape index (κ3) is 4.57. The maximum atomic E-state index is 12.1. The molecule has 0 saturated carbocycles. The molecule has 0 aromatic heterocycles. The van der Waals surface area contributed by atoms with Crippen molar-refractivity contribution in [2.24, 2.45) is 0 Å². The fraction of sp³-hybridized carbons (Fsp3) is 0.467. The zero-order valence-electron chi connectivity index (χ0n) is 12.2. The smallest absolute Gasteiger partial charge is 0.326 e. The minimum atomic E-state index is -0.990. The van der Waals surface area contributed by atoms with E-state index in [4.69, 9.17) is 5.11 Å². The van der Waals surface area contributed by atoms with Crippen LogP contribution in [0.4, 0.5) is 5.69 Å². The van der Waals surface area contributed by atoms with Gasteiger partial charge in [0.2, 0.25) is 0 Å². The Hall–Kier alpha value is -2.04. The molecule has 0 radical (unpaired) electrons. The lowest BCUT2D eigenvalue weighted by molar-refractivity contribution is -0.139. The van der Waals surface area contributed by atoms with Gasteiger partial charge in [-0.3, -0.25) is 4.79 Å². The average Bonchev–Trinajstić information content (AvgIpc) is 2.42. The Morgan fingerprint density at radius 1 is 1.35 bits per heavy atom. The number of aliphatic carboxylic acids is 1. The summed E-state index contributed by atoms with van der Waals surface area (Å²) in [5.74, 6) is -1.34. The van der Waals surface area contributed by atoms with E-state index in [0.717, 1.165) is 18.5 Å². The summed E-state index contributed by atoms with van der Waals surface area (Å²) < 4.78 is 0. The van der Waals surface area contributed by atoms with Crippen LogP contribution in [0.3, 0.4) is 0 Å². The van der Waals surface area contributed by atoms with Crippen LogP contribution in [0.2, 0.25) is 0 Å². The first-order valence-corrected chi connectivity index (χ1v) is 6.76. The zero-order chi connectivity index (χ0) is 15.1. The van der Waals surface area contributed by atoms with Crippen LogP contribution in [0.5, 0.6) is 0 Å². The van der Waals surface area contributed by atoms with Gasteiger partial charge in [0.05, 0.1) is 0 Å². The lowest BCUT2D eigenvalue weighted by atomic mass is 10.1. The molecule has 0 heterocycles. The SMILES string of the molecule is CCCCC(NC(=O)c1cccc(N(C)C)c1)C(=O)O. The Morgan fingerprint density at radius 2 is 2.05 bits per heavy atom. The highest BCUT2D eigenvalue weighted by molar-refractivity contribution is 5.97. The van der Waals surface area contributed by atoms with E-state index in [1.807, 2.05) is 32.0 Å². The van der Waals surface area contributed by atoms with Gasteiger partial charge in [0.1, 0.15) is 6.04 Å². The molecule has 5 heteroatoms. The quantitative estimate of drug-likeness (QED) is 0.801. The van der Waals surface area contributed by atoms with E-state index in [1.54, 1.807) is 18.2 Å². The summed E-state index contributed by atoms with van der Waals surface area (Å²) in [6.45, 7) is 1.99. The first-order valence-electron chi connectivity index (χ1n) is 6.76. The van der Waals surface area contributed by atoms with Crippen LogP contribution >= 0.6 is 0 Å². The number of anilines is 1. The van der Waals surface area contributed by atoms with E-state index >= 15 is 0 Å². The molecule has 1 rings (SSSR count). The summed E-state index contributed by atoms with van der Waals surface area (Å²) in [4.78, 5) is 25.1. The van der Waals surface area contributed by atoms with Gasteiger partial charge in [0.25, 0.3) is 5.91 Å². The molecule has 20 heavy (non-hydrogen) atoms. The van der Waals surface area contributed by atoms with Crippen LogP contribution in [0.25, 0.3) is 0 Å². The van der Waals surface area contributed by atoms with Crippen molar-refractivity contribution in [1.82, 2.24) is 5.32 Å². The minimum Gasteiger partial charge on any atom is -0.480 e. The molecule has 0 aliphatic heterocycles. The molecule has 1 unspecified atom stereocenters. The molecule has 5 nitrogen and oxygen atoms in total. The number of amides is 1. The lowest BCUT2D eigenvalue weighted by Gasteiger charge is -2.16. The molecule has 2 N–H and O–H groups in total. The van der Waals surface area contributed by atoms with Gasteiger partial charge < -0.3 is 15.3 Å². The number of carbonyl (C=O) groups excluding carboxylic acids is 1. The van der Waals surface area contributed by atoms with Crippen molar-refractivity contribution in [2.75, 3.05) is 19.0 Å². The van der Waals surface area contributed by atoms with E-state index in [2.05, 4.69) is 5.32 Å². The molecular weight excluding hydrogens is 256 g/mol. The highest BCUT2D eigenvalue weighted by Crippen LogP contribution is 2.13. The molecule has 0 bridgehead atoms. The van der Waals surface area contributed by atoms with Crippen molar-refractivity contribution in [1.29, 1.82) is 0 Å². The Labute approximate surface area is 119 Å². The summed E-state index contributed by atoms with van der Waals surface area (Å²) in [7, 11) is 3.77. The maximum Gasteiger partial charge on any atom is 0.326 e. The highest BCUT2D eigenvalue weighted by atomic mass is 16.4. The summed E-state index contributed by atoms with van der Waals surface area (Å²) in [5.41, 5.74) is 1.37. The number of benzene rings is 1. The van der Waals surface area contributed by atoms with Crippen molar-refractivity contribution >= 4 is 17.6 Å². The largest absolute Gasteiger partial charge is 0.480 e. The molecule has 1 atom stereocenters. The monoisotopic (exact) mass is 278 g/mol. The molecule has 110 valence electrons. The molecule has 0 fully saturated rings. The number of unbranched alkanes of at least 4 members (excludes halogenated alkanes) is 1. The maximum absolute atomic E-state index is 12.1. The molecule has 1 amide bonds. The number of nitrogens with zero attached hydrogens (tertiary/aromatic N) is 1. The van der Waals surface area contributed by atoms with Crippen LogP contribution in [-0.2, 0) is 4.79 Å². The molecule has 0 aliphatic carbocycles. The van der Waals surface area contributed by atoms with E-state index in [9.17, 15) is 9.59 Å². The van der Waals surface area contributed by atoms with Crippen LogP contribution in [0, 0.1) is 0 Å². The second kappa shape index (κ2) is 7.53. The normalized spacial score (nSPS) is 11.8. The molecule has 1 aromatic carbocycles. The van der Waals surface area contributed by atoms with Crippen molar-refractivity contribution in [2.45, 2.75) is 32.2 Å². The number of nitrogens with one attached hydrogen (secondary N) is 1. The first-order chi connectivity index (χ1) is 9.45. The molecule has 0 spiro atoms. The number of rotatable bonds is 7. The van der Waals surface area contributed by atoms with Gasteiger partial charge in [-0.2, -0.15) is 0 Å². The topological polar surface area (TPSA) is 69.6 Å². The Balaban J connectivity index is 2.78. The van der Waals surface area contributed by atoms with Crippen LogP contribution in [-0.4, -0.2) is 37.1 Å². The second-order valence-electron chi connectivity index (χ2n) is 4.95. The number of hydrogen-bond acceptors (Lipinski definition) is 3. The molecule has 1 aromatic rings. The lowest BCUT2D eigenvalue weighted by Crippen LogP contribution is -2.40. The third-order valence-electron chi connectivity index (χ3n) is 3.07. The fourth-order valence-electron chi connectivity index (χ4n) is 1.83. The zero-order valence-corrected chi connectivity index (χ0v) is 12.2. The van der Waals surface area contributed by atoms with Gasteiger partial charge in [-0.05, 0) is 24.6 Å². The first kappa shape index (κ1) is 16.0. The van der Waals surface area contributed by atoms with Gasteiger partial charge >= 0.3 is 5.97 Å². The van der Waals surface area contributed by atoms with Crippen molar-refractivity contribution in [3.8, 4) is 0 Å². The summed E-state index contributed by atoms with van der Waals surface area (Å²) in [6, 6.07) is 6.27. The van der Waals surface area contributed by atoms with Gasteiger partial charge in [0, 0.05) is 25.3 Å². The Morgan fingerprint density at radius 3 is 2.60 bits per heavy atom. The average molecular weight is 278 g/mol. The summed E-state index contributed by atoms with van der Waals surface area (Å²) >= 11 is 0. The number of carboxylic acid groups (broad SMARTS) is 1. The van der Waals surface area contributed by atoms with Gasteiger partial charge in [0.15, 0.2) is 0 Å². The van der Waals surface area contributed by atoms with Crippen LogP contribution in [0.1, 0.15) is 36.5 Å². The van der Waals surface area contributed by atoms with Gasteiger partial charge in [-0.15, -0.1) is 0 Å². The second-order valence-corrected chi connectivity index (χ2v) is 4.95. The highest BCUT2D eigenvalue weighted by Gasteiger charge is 2.20. The van der Waals surface area contributed by atoms with Gasteiger partial charge in [-0.1, -0.05) is 25.8 Å². The summed E-state index contributed by atoms with van der Waals surface area (Å²) in [5, 5.41) is 11.7. The number of carboxylic acids is 1. The van der Waals surface area contributed by atoms with Gasteiger partial charge in [-0.25, -0.2) is 4.79 Å². The van der Waals surface area contributed by atoms with Crippen molar-refractivity contribution < 1.29 is 14.7 Å².